The molecule has 0 bridgehead atoms. The van der Waals surface area contributed by atoms with Gasteiger partial charge in [0.25, 0.3) is 0 Å². The summed E-state index contributed by atoms with van der Waals surface area (Å²) in [7, 11) is 6.01. The van der Waals surface area contributed by atoms with Gasteiger partial charge in [0, 0.05) is 32.1 Å². The molecule has 0 unspecified atom stereocenters. The highest BCUT2D eigenvalue weighted by Gasteiger charge is 2.43. The molecular formula is C22H31IN4. The van der Waals surface area contributed by atoms with Gasteiger partial charge in [0.05, 0.1) is 0 Å². The van der Waals surface area contributed by atoms with Crippen LogP contribution in [-0.4, -0.2) is 38.5 Å². The number of hydrogen-bond donors (Lipinski definition) is 2. The maximum atomic E-state index is 4.37. The Bertz CT molecular complexity index is 722. The van der Waals surface area contributed by atoms with Crippen LogP contribution in [0.4, 0.5) is 0 Å². The summed E-state index contributed by atoms with van der Waals surface area (Å²) < 4.78 is 0. The number of hydrogen-bond acceptors (Lipinski definition) is 2. The first-order valence-corrected chi connectivity index (χ1v) is 9.34. The van der Waals surface area contributed by atoms with Gasteiger partial charge in [-0.1, -0.05) is 54.6 Å². The molecule has 3 rings (SSSR count). The molecule has 2 aromatic rings. The number of guanidine groups is 1. The molecule has 27 heavy (non-hydrogen) atoms. The van der Waals surface area contributed by atoms with E-state index in [1.807, 2.05) is 7.05 Å². The van der Waals surface area contributed by atoms with Gasteiger partial charge in [-0.25, -0.2) is 0 Å². The first kappa shape index (κ1) is 21.7. The van der Waals surface area contributed by atoms with E-state index in [1.54, 1.807) is 0 Å². The van der Waals surface area contributed by atoms with Crippen molar-refractivity contribution in [1.82, 2.24) is 15.5 Å². The number of rotatable bonds is 7. The second kappa shape index (κ2) is 10.1. The Labute approximate surface area is 180 Å². The maximum absolute atomic E-state index is 4.37. The molecule has 146 valence electrons. The first-order valence-electron chi connectivity index (χ1n) is 9.34. The van der Waals surface area contributed by atoms with Gasteiger partial charge in [-0.2, -0.15) is 0 Å². The lowest BCUT2D eigenvalue weighted by Crippen LogP contribution is -2.40. The van der Waals surface area contributed by atoms with E-state index in [1.165, 1.54) is 29.5 Å². The molecule has 5 heteroatoms. The van der Waals surface area contributed by atoms with Crippen LogP contribution in [0.25, 0.3) is 0 Å². The fourth-order valence-corrected chi connectivity index (χ4v) is 3.30. The molecular weight excluding hydrogens is 447 g/mol. The van der Waals surface area contributed by atoms with Gasteiger partial charge < -0.3 is 15.5 Å². The number of benzene rings is 2. The smallest absolute Gasteiger partial charge is 0.191 e. The molecule has 0 heterocycles. The van der Waals surface area contributed by atoms with Crippen LogP contribution in [0.5, 0.6) is 0 Å². The minimum absolute atomic E-state index is 0. The van der Waals surface area contributed by atoms with Crippen LogP contribution in [0.3, 0.4) is 0 Å². The monoisotopic (exact) mass is 478 g/mol. The number of nitrogens with zero attached hydrogens (tertiary/aromatic N) is 2. The summed E-state index contributed by atoms with van der Waals surface area (Å²) in [6, 6.07) is 19.6. The molecule has 4 nitrogen and oxygen atoms in total. The average Bonchev–Trinajstić information content (AvgIpc) is 3.45. The van der Waals surface area contributed by atoms with Crippen LogP contribution < -0.4 is 10.6 Å². The van der Waals surface area contributed by atoms with Crippen LogP contribution in [0.2, 0.25) is 0 Å². The van der Waals surface area contributed by atoms with E-state index < -0.39 is 0 Å². The topological polar surface area (TPSA) is 39.7 Å². The van der Waals surface area contributed by atoms with Crippen molar-refractivity contribution in [1.29, 1.82) is 0 Å². The van der Waals surface area contributed by atoms with Crippen LogP contribution in [0.1, 0.15) is 29.5 Å². The Morgan fingerprint density at radius 2 is 1.59 bits per heavy atom. The zero-order valence-electron chi connectivity index (χ0n) is 16.5. The summed E-state index contributed by atoms with van der Waals surface area (Å²) in [5, 5.41) is 6.94. The normalized spacial score (nSPS) is 15.2. The van der Waals surface area contributed by atoms with Crippen molar-refractivity contribution >= 4 is 29.9 Å². The van der Waals surface area contributed by atoms with Crippen molar-refractivity contribution in [2.45, 2.75) is 31.3 Å². The third-order valence-corrected chi connectivity index (χ3v) is 5.04. The van der Waals surface area contributed by atoms with Crippen molar-refractivity contribution < 1.29 is 0 Å². The van der Waals surface area contributed by atoms with Gasteiger partial charge in [-0.05, 0) is 43.6 Å². The molecule has 0 atom stereocenters. The third-order valence-electron chi connectivity index (χ3n) is 5.04. The summed E-state index contributed by atoms with van der Waals surface area (Å²) >= 11 is 0. The van der Waals surface area contributed by atoms with Crippen molar-refractivity contribution in [3.05, 3.63) is 71.3 Å². The van der Waals surface area contributed by atoms with Gasteiger partial charge in [0.15, 0.2) is 5.96 Å². The lowest BCUT2D eigenvalue weighted by Gasteiger charge is -2.19. The Morgan fingerprint density at radius 3 is 2.15 bits per heavy atom. The molecule has 0 amide bonds. The van der Waals surface area contributed by atoms with E-state index in [-0.39, 0.29) is 29.4 Å². The second-order valence-corrected chi connectivity index (χ2v) is 7.48. The fourth-order valence-electron chi connectivity index (χ4n) is 3.30. The van der Waals surface area contributed by atoms with E-state index in [0.29, 0.717) is 0 Å². The molecule has 0 aromatic heterocycles. The molecule has 1 aliphatic rings. The van der Waals surface area contributed by atoms with Gasteiger partial charge >= 0.3 is 0 Å². The Hall–Kier alpha value is -1.60. The van der Waals surface area contributed by atoms with E-state index in [9.17, 15) is 0 Å². The van der Waals surface area contributed by atoms with E-state index >= 15 is 0 Å². The Balaban J connectivity index is 0.00000261. The van der Waals surface area contributed by atoms with Gasteiger partial charge in [0.2, 0.25) is 0 Å². The summed E-state index contributed by atoms with van der Waals surface area (Å²) in [4.78, 5) is 6.55. The highest BCUT2D eigenvalue weighted by molar-refractivity contribution is 14.0. The standard InChI is InChI=1S/C22H30N4.HI/c1-23-21(24-15-18-9-11-19(12-10-18)16-26(2)3)25-17-22(13-14-22)20-7-5-4-6-8-20;/h4-12H,13-17H2,1-3H3,(H2,23,24,25);1H. The van der Waals surface area contributed by atoms with Gasteiger partial charge in [-0.3, -0.25) is 4.99 Å². The fraction of sp³-hybridized carbons (Fsp3) is 0.409. The molecule has 2 N–H and O–H groups in total. The molecule has 0 saturated heterocycles. The Morgan fingerprint density at radius 1 is 0.963 bits per heavy atom. The van der Waals surface area contributed by atoms with Crippen molar-refractivity contribution in [3.63, 3.8) is 0 Å². The molecule has 1 saturated carbocycles. The zero-order valence-corrected chi connectivity index (χ0v) is 18.9. The van der Waals surface area contributed by atoms with Crippen LogP contribution >= 0.6 is 24.0 Å². The highest BCUT2D eigenvalue weighted by Crippen LogP contribution is 2.47. The highest BCUT2D eigenvalue weighted by atomic mass is 127. The van der Waals surface area contributed by atoms with Gasteiger partial charge in [0.1, 0.15) is 0 Å². The number of aliphatic imine (C=N–C) groups is 1. The molecule has 1 aliphatic carbocycles. The second-order valence-electron chi connectivity index (χ2n) is 7.48. The van der Waals surface area contributed by atoms with Crippen LogP contribution in [0.15, 0.2) is 59.6 Å². The molecule has 0 aliphatic heterocycles. The average molecular weight is 478 g/mol. The summed E-state index contributed by atoms with van der Waals surface area (Å²) in [6.45, 7) is 2.68. The lowest BCUT2D eigenvalue weighted by molar-refractivity contribution is 0.402. The quantitative estimate of drug-likeness (QED) is 0.362. The largest absolute Gasteiger partial charge is 0.356 e. The van der Waals surface area contributed by atoms with E-state index in [4.69, 9.17) is 0 Å². The van der Waals surface area contributed by atoms with E-state index in [0.717, 1.165) is 25.6 Å². The molecule has 0 radical (unpaired) electrons. The van der Waals surface area contributed by atoms with Crippen molar-refractivity contribution in [2.75, 3.05) is 27.7 Å². The number of halogens is 1. The summed E-state index contributed by atoms with van der Waals surface area (Å²) in [5.74, 6) is 0.865. The molecule has 2 aromatic carbocycles. The minimum atomic E-state index is 0. The first-order chi connectivity index (χ1) is 12.6. The zero-order chi connectivity index (χ0) is 18.4. The van der Waals surface area contributed by atoms with Crippen molar-refractivity contribution in [3.8, 4) is 0 Å². The maximum Gasteiger partial charge on any atom is 0.191 e. The van der Waals surface area contributed by atoms with Crippen LogP contribution in [0, 0.1) is 0 Å². The molecule has 1 fully saturated rings. The minimum Gasteiger partial charge on any atom is -0.356 e. The van der Waals surface area contributed by atoms with Crippen LogP contribution in [-0.2, 0) is 18.5 Å². The molecule has 0 spiro atoms. The van der Waals surface area contributed by atoms with Crippen molar-refractivity contribution in [2.24, 2.45) is 4.99 Å². The summed E-state index contributed by atoms with van der Waals surface area (Å²) in [5.41, 5.74) is 4.31. The number of nitrogens with one attached hydrogen (secondary N) is 2. The predicted octanol–water partition coefficient (Wildman–Crippen LogP) is 3.76. The lowest BCUT2D eigenvalue weighted by atomic mass is 9.96. The van der Waals surface area contributed by atoms with Gasteiger partial charge in [-0.15, -0.1) is 24.0 Å². The predicted molar refractivity (Wildman–Crippen MR) is 125 cm³/mol. The summed E-state index contributed by atoms with van der Waals surface area (Å²) in [6.07, 6.45) is 2.49. The van der Waals surface area contributed by atoms with E-state index in [2.05, 4.69) is 89.2 Å². The Kier molecular flexibility index (Phi) is 8.10. The SMILES string of the molecule is CN=C(NCc1ccc(CN(C)C)cc1)NCC1(c2ccccc2)CC1.I. The third kappa shape index (κ3) is 6.21.